The Balaban J connectivity index is 0.000000379. The first-order valence-electron chi connectivity index (χ1n) is 12.5. The van der Waals surface area contributed by atoms with E-state index in [1.54, 1.807) is 36.7 Å². The van der Waals surface area contributed by atoms with Gasteiger partial charge in [0.2, 0.25) is 0 Å². The lowest BCUT2D eigenvalue weighted by molar-refractivity contribution is -0.221. The molecule has 0 radical (unpaired) electrons. The minimum Gasteiger partial charge on any atom is -0.481 e. The molecule has 2 fully saturated rings. The van der Waals surface area contributed by atoms with Crippen LogP contribution in [-0.2, 0) is 28.7 Å². The number of aliphatic carboxylic acids is 2. The first-order chi connectivity index (χ1) is 19.0. The number of carboxylic acids is 2. The molecule has 0 aromatic carbocycles. The van der Waals surface area contributed by atoms with Crippen molar-refractivity contribution in [3.05, 3.63) is 61.2 Å². The molecule has 4 heterocycles. The van der Waals surface area contributed by atoms with Crippen LogP contribution in [-0.4, -0.2) is 119 Å². The van der Waals surface area contributed by atoms with Crippen LogP contribution < -0.4 is 0 Å². The summed E-state index contributed by atoms with van der Waals surface area (Å²) < 4.78 is 9.77. The summed E-state index contributed by atoms with van der Waals surface area (Å²) in [5.41, 5.74) is -3.16. The summed E-state index contributed by atoms with van der Waals surface area (Å²) >= 11 is 0. The number of piperidine rings is 2. The van der Waals surface area contributed by atoms with Crippen LogP contribution in [0.3, 0.4) is 0 Å². The molecular weight excluding hydrogens is 524 g/mol. The first-order valence-corrected chi connectivity index (χ1v) is 12.5. The Bertz CT molecular complexity index is 987. The molecule has 0 spiro atoms. The summed E-state index contributed by atoms with van der Waals surface area (Å²) in [6, 6.07) is 10.2. The van der Waals surface area contributed by atoms with E-state index in [4.69, 9.17) is 14.6 Å². The number of pyridine rings is 2. The van der Waals surface area contributed by atoms with Crippen molar-refractivity contribution in [2.45, 2.75) is 25.0 Å². The van der Waals surface area contributed by atoms with Crippen LogP contribution in [0.4, 0.5) is 0 Å². The normalized spacial score (nSPS) is 24.6. The molecule has 3 atom stereocenters. The highest BCUT2D eigenvalue weighted by atomic mass is 16.5. The Morgan fingerprint density at radius 2 is 1.25 bits per heavy atom. The van der Waals surface area contributed by atoms with E-state index in [0.717, 1.165) is 14.2 Å². The third kappa shape index (κ3) is 7.81. The lowest BCUT2D eigenvalue weighted by Gasteiger charge is -2.58. The minimum atomic E-state index is -1.58. The number of methoxy groups -OCH3 is 2. The maximum Gasteiger partial charge on any atom is 0.320 e. The third-order valence-corrected chi connectivity index (χ3v) is 6.80. The number of aliphatic hydroxyl groups excluding tert-OH is 1. The van der Waals surface area contributed by atoms with Gasteiger partial charge in [-0.05, 0) is 37.7 Å². The van der Waals surface area contributed by atoms with Gasteiger partial charge in [-0.2, -0.15) is 0 Å². The number of rotatable bonds is 7. The molecule has 2 aromatic heterocycles. The maximum atomic E-state index is 12.7. The van der Waals surface area contributed by atoms with Gasteiger partial charge in [0.1, 0.15) is 16.9 Å². The summed E-state index contributed by atoms with van der Waals surface area (Å²) in [5, 5.41) is 29.6. The molecule has 3 N–H and O–H groups in total. The summed E-state index contributed by atoms with van der Waals surface area (Å²) in [6.07, 6.45) is 4.94. The SMILES string of the molecule is COC(=O)C12CN(C)CC(C(=O)OC)(CN(C(CCC(=O)O)C(=O)O)C1)C2O.c1ccncc1.c1ccncc1. The maximum absolute atomic E-state index is 12.7. The van der Waals surface area contributed by atoms with Crippen LogP contribution in [0, 0.1) is 10.8 Å². The van der Waals surface area contributed by atoms with Crippen LogP contribution in [0.2, 0.25) is 0 Å². The van der Waals surface area contributed by atoms with Crippen molar-refractivity contribution in [1.29, 1.82) is 0 Å². The summed E-state index contributed by atoms with van der Waals surface area (Å²) in [7, 11) is 3.97. The van der Waals surface area contributed by atoms with Gasteiger partial charge in [0.15, 0.2) is 0 Å². The van der Waals surface area contributed by atoms with Crippen LogP contribution in [0.25, 0.3) is 0 Å². The van der Waals surface area contributed by atoms with E-state index in [-0.39, 0.29) is 32.6 Å². The lowest BCUT2D eigenvalue weighted by atomic mass is 9.60. The molecule has 13 heteroatoms. The van der Waals surface area contributed by atoms with Gasteiger partial charge >= 0.3 is 23.9 Å². The highest BCUT2D eigenvalue weighted by Gasteiger charge is 2.67. The number of hydrogen-bond donors (Lipinski definition) is 3. The number of carbonyl (C=O) groups excluding carboxylic acids is 2. The van der Waals surface area contributed by atoms with E-state index in [1.165, 1.54) is 4.90 Å². The fraction of sp³-hybridized carbons (Fsp3) is 0.481. The smallest absolute Gasteiger partial charge is 0.320 e. The van der Waals surface area contributed by atoms with Crippen molar-refractivity contribution < 1.29 is 44.0 Å². The Morgan fingerprint density at radius 1 is 0.825 bits per heavy atom. The molecule has 4 rings (SSSR count). The third-order valence-electron chi connectivity index (χ3n) is 6.80. The second-order valence-electron chi connectivity index (χ2n) is 9.61. The number of nitrogens with zero attached hydrogens (tertiary/aromatic N) is 4. The van der Waals surface area contributed by atoms with Gasteiger partial charge < -0.3 is 29.7 Å². The average molecular weight is 561 g/mol. The molecule has 0 saturated carbocycles. The predicted molar refractivity (Wildman–Crippen MR) is 141 cm³/mol. The molecule has 218 valence electrons. The van der Waals surface area contributed by atoms with Crippen LogP contribution in [0.1, 0.15) is 12.8 Å². The van der Waals surface area contributed by atoms with Crippen LogP contribution in [0.5, 0.6) is 0 Å². The second-order valence-corrected chi connectivity index (χ2v) is 9.61. The van der Waals surface area contributed by atoms with E-state index >= 15 is 0 Å². The fourth-order valence-electron chi connectivity index (χ4n) is 5.23. The minimum absolute atomic E-state index is 0.0430. The molecule has 2 aromatic rings. The van der Waals surface area contributed by atoms with Crippen molar-refractivity contribution >= 4 is 23.9 Å². The molecule has 2 bridgehead atoms. The molecule has 2 saturated heterocycles. The number of carbonyl (C=O) groups is 4. The van der Waals surface area contributed by atoms with Crippen molar-refractivity contribution in [2.24, 2.45) is 10.8 Å². The number of carboxylic acid groups (broad SMARTS) is 2. The second kappa shape index (κ2) is 15.0. The quantitative estimate of drug-likeness (QED) is 0.397. The lowest BCUT2D eigenvalue weighted by Crippen LogP contribution is -2.77. The van der Waals surface area contributed by atoms with E-state index in [0.29, 0.717) is 0 Å². The molecule has 0 aliphatic carbocycles. The zero-order valence-electron chi connectivity index (χ0n) is 22.8. The van der Waals surface area contributed by atoms with Crippen molar-refractivity contribution in [3.63, 3.8) is 0 Å². The van der Waals surface area contributed by atoms with E-state index in [1.807, 2.05) is 36.4 Å². The Kier molecular flexibility index (Phi) is 12.1. The van der Waals surface area contributed by atoms with E-state index in [9.17, 15) is 29.4 Å². The Hall–Kier alpha value is -3.94. The standard InChI is InChI=1S/C17H26N2O9.2C5H5N/c1-18-6-16(14(25)27-2)8-19(10(12(22)23)4-5-11(20)21)9-17(7-18,13(16)24)15(26)28-3;2*1-2-4-6-5-3-1/h10,13,24H,4-9H2,1-3H3,(H,20,21)(H,22,23);2*1-5H. The van der Waals surface area contributed by atoms with Crippen LogP contribution in [0.15, 0.2) is 61.2 Å². The van der Waals surface area contributed by atoms with Gasteiger partial charge in [-0.1, -0.05) is 12.1 Å². The molecular formula is C27H36N4O9. The summed E-state index contributed by atoms with van der Waals surface area (Å²) in [4.78, 5) is 58.8. The number of fused-ring (bicyclic) bond motifs is 2. The monoisotopic (exact) mass is 560 g/mol. The van der Waals surface area contributed by atoms with E-state index in [2.05, 4.69) is 9.97 Å². The number of hydrogen-bond acceptors (Lipinski definition) is 11. The van der Waals surface area contributed by atoms with Gasteiger partial charge in [0, 0.05) is 57.4 Å². The van der Waals surface area contributed by atoms with Crippen molar-refractivity contribution in [3.8, 4) is 0 Å². The van der Waals surface area contributed by atoms with Gasteiger partial charge in [0.25, 0.3) is 0 Å². The van der Waals surface area contributed by atoms with Crippen LogP contribution >= 0.6 is 0 Å². The average Bonchev–Trinajstić information content (AvgIpc) is 2.95. The number of esters is 2. The van der Waals surface area contributed by atoms with Gasteiger partial charge in [0.05, 0.1) is 20.3 Å². The largest absolute Gasteiger partial charge is 0.481 e. The number of likely N-dealkylation sites (tertiary alicyclic amines) is 2. The van der Waals surface area contributed by atoms with E-state index < -0.39 is 53.3 Å². The molecule has 3 unspecified atom stereocenters. The molecule has 2 aliphatic rings. The highest BCUT2D eigenvalue weighted by molar-refractivity contribution is 5.85. The fourth-order valence-corrected chi connectivity index (χ4v) is 5.23. The molecule has 2 aliphatic heterocycles. The number of aliphatic hydroxyl groups is 1. The van der Waals surface area contributed by atoms with Gasteiger partial charge in [-0.3, -0.25) is 34.0 Å². The highest BCUT2D eigenvalue weighted by Crippen LogP contribution is 2.48. The first kappa shape index (κ1) is 32.3. The Labute approximate surface area is 232 Å². The Morgan fingerprint density at radius 3 is 1.52 bits per heavy atom. The van der Waals surface area contributed by atoms with Crippen molar-refractivity contribution in [1.82, 2.24) is 19.8 Å². The summed E-state index contributed by atoms with van der Waals surface area (Å²) in [5.74, 6) is -3.98. The van der Waals surface area contributed by atoms with Gasteiger partial charge in [-0.25, -0.2) is 0 Å². The zero-order chi connectivity index (χ0) is 29.8. The summed E-state index contributed by atoms with van der Waals surface area (Å²) in [6.45, 7) is -0.302. The molecule has 40 heavy (non-hydrogen) atoms. The predicted octanol–water partition coefficient (Wildman–Crippen LogP) is 0.408. The molecule has 13 nitrogen and oxygen atoms in total. The van der Waals surface area contributed by atoms with Gasteiger partial charge in [-0.15, -0.1) is 0 Å². The number of aromatic nitrogens is 2. The molecule has 0 amide bonds. The topological polar surface area (TPSA) is 180 Å². The number of ether oxygens (including phenoxy) is 2. The zero-order valence-corrected chi connectivity index (χ0v) is 22.8. The van der Waals surface area contributed by atoms with Crippen molar-refractivity contribution in [2.75, 3.05) is 47.4 Å².